The van der Waals surface area contributed by atoms with E-state index < -0.39 is 59.5 Å². The molecule has 3 amide bonds. The van der Waals surface area contributed by atoms with Gasteiger partial charge in [0, 0.05) is 17.8 Å². The lowest BCUT2D eigenvalue weighted by Gasteiger charge is -2.41. The number of anilines is 1. The van der Waals surface area contributed by atoms with Gasteiger partial charge in [-0.2, -0.15) is 0 Å². The first kappa shape index (κ1) is 36.1. The number of amides is 3. The van der Waals surface area contributed by atoms with E-state index in [0.717, 1.165) is 5.56 Å². The average molecular weight is 723 g/mol. The summed E-state index contributed by atoms with van der Waals surface area (Å²) in [4.78, 5) is 58.1. The number of hydrogen-bond acceptors (Lipinski definition) is 7. The third-order valence-corrected chi connectivity index (χ3v) is 10.7. The molecule has 1 unspecified atom stereocenters. The zero-order chi connectivity index (χ0) is 33.9. The highest BCUT2D eigenvalue weighted by molar-refractivity contribution is 9.09. The number of nitrogens with zero attached hydrogens (tertiary/aromatic N) is 2. The first-order valence-electron chi connectivity index (χ1n) is 15.9. The van der Waals surface area contributed by atoms with Crippen LogP contribution in [-0.2, 0) is 28.7 Å². The van der Waals surface area contributed by atoms with Gasteiger partial charge in [-0.3, -0.25) is 19.2 Å². The third-order valence-electron chi connectivity index (χ3n) is 9.59. The lowest BCUT2D eigenvalue weighted by atomic mass is 9.70. The number of aryl methyl sites for hydroxylation is 1. The van der Waals surface area contributed by atoms with Crippen molar-refractivity contribution in [2.24, 2.45) is 17.8 Å². The molecule has 3 aliphatic rings. The first-order valence-corrected chi connectivity index (χ1v) is 17.2. The number of fused-ring (bicyclic) bond motifs is 1. The molecule has 9 atom stereocenters. The average Bonchev–Trinajstić information content (AvgIpc) is 3.61. The summed E-state index contributed by atoms with van der Waals surface area (Å²) in [6, 6.07) is 3.48. The summed E-state index contributed by atoms with van der Waals surface area (Å²) in [5, 5.41) is 13.8. The molecular formula is C34H45BrClN3O7. The monoisotopic (exact) mass is 721 g/mol. The fourth-order valence-corrected chi connectivity index (χ4v) is 8.49. The molecule has 3 saturated heterocycles. The molecule has 4 rings (SSSR count). The summed E-state index contributed by atoms with van der Waals surface area (Å²) in [6.45, 7) is 14.7. The van der Waals surface area contributed by atoms with Crippen molar-refractivity contribution in [1.29, 1.82) is 0 Å². The molecule has 0 radical (unpaired) electrons. The predicted molar refractivity (Wildman–Crippen MR) is 180 cm³/mol. The van der Waals surface area contributed by atoms with Crippen LogP contribution in [0.5, 0.6) is 0 Å². The molecular weight excluding hydrogens is 678 g/mol. The molecule has 1 spiro atoms. The number of likely N-dealkylation sites (tertiary alicyclic amines) is 1. The van der Waals surface area contributed by atoms with E-state index in [-0.39, 0.29) is 42.8 Å². The van der Waals surface area contributed by atoms with Gasteiger partial charge in [0.1, 0.15) is 17.7 Å². The van der Waals surface area contributed by atoms with Crippen molar-refractivity contribution in [3.63, 3.8) is 0 Å². The Morgan fingerprint density at radius 3 is 2.63 bits per heavy atom. The molecule has 2 bridgehead atoms. The minimum absolute atomic E-state index is 0.100. The van der Waals surface area contributed by atoms with Gasteiger partial charge in [0.15, 0.2) is 0 Å². The summed E-state index contributed by atoms with van der Waals surface area (Å²) in [5.41, 5.74) is -0.113. The van der Waals surface area contributed by atoms with E-state index in [1.165, 1.54) is 9.80 Å². The molecule has 1 aromatic carbocycles. The van der Waals surface area contributed by atoms with Crippen LogP contribution in [-0.4, -0.2) is 88.1 Å². The molecule has 12 heteroatoms. The normalized spacial score (nSPS) is 28.3. The topological polar surface area (TPSA) is 125 Å². The molecule has 0 aliphatic carbocycles. The van der Waals surface area contributed by atoms with Gasteiger partial charge in [0.2, 0.25) is 11.8 Å². The number of alkyl halides is 1. The van der Waals surface area contributed by atoms with Crippen molar-refractivity contribution in [2.45, 2.75) is 88.1 Å². The van der Waals surface area contributed by atoms with E-state index in [4.69, 9.17) is 21.1 Å². The molecule has 2 N–H and O–H groups in total. The number of hydrogen-bond donors (Lipinski definition) is 2. The summed E-state index contributed by atoms with van der Waals surface area (Å²) in [7, 11) is 0. The first-order chi connectivity index (χ1) is 21.9. The number of para-hydroxylation sites is 1. The fourth-order valence-electron chi connectivity index (χ4n) is 7.22. The van der Waals surface area contributed by atoms with Gasteiger partial charge >= 0.3 is 5.97 Å². The van der Waals surface area contributed by atoms with E-state index in [1.807, 2.05) is 26.8 Å². The standard InChI is InChI=1S/C34H45BrClN3O7/c1-7-10-14-25(41)37-17-21(6)45-33(44)26-27-31(42)39(24(18-40)19(4)9-3)30(34(27)16-22(35)29(26)46-34)32(43)38(15-8-2)28-20(5)12-11-13-23(28)36/h7-8,11-13,19,21-22,24,26-27,29-30,40H,1-2,9-10,14-18H2,3-6H3,(H,37,41)/t19-,21+,22?,24-,26+,27-,29+,30+,34-/m0/s1. The minimum Gasteiger partial charge on any atom is -0.460 e. The van der Waals surface area contributed by atoms with Crippen LogP contribution in [0.2, 0.25) is 5.02 Å². The van der Waals surface area contributed by atoms with Crippen molar-refractivity contribution >= 4 is 56.9 Å². The van der Waals surface area contributed by atoms with Crippen LogP contribution in [0.15, 0.2) is 43.5 Å². The smallest absolute Gasteiger partial charge is 0.312 e. The van der Waals surface area contributed by atoms with E-state index in [2.05, 4.69) is 34.4 Å². The zero-order valence-electron chi connectivity index (χ0n) is 26.9. The number of ether oxygens (including phenoxy) is 2. The van der Waals surface area contributed by atoms with E-state index in [1.54, 1.807) is 31.2 Å². The Morgan fingerprint density at radius 2 is 2.02 bits per heavy atom. The van der Waals surface area contributed by atoms with Crippen LogP contribution in [0, 0.1) is 24.7 Å². The van der Waals surface area contributed by atoms with Crippen LogP contribution in [0.3, 0.4) is 0 Å². The highest BCUT2D eigenvalue weighted by Crippen LogP contribution is 2.61. The Bertz CT molecular complexity index is 1340. The molecule has 0 aromatic heterocycles. The molecule has 1 aromatic rings. The molecule has 46 heavy (non-hydrogen) atoms. The van der Waals surface area contributed by atoms with E-state index in [0.29, 0.717) is 30.0 Å². The largest absolute Gasteiger partial charge is 0.460 e. The van der Waals surface area contributed by atoms with Crippen molar-refractivity contribution in [1.82, 2.24) is 10.2 Å². The number of benzene rings is 1. The van der Waals surface area contributed by atoms with Gasteiger partial charge in [-0.05, 0) is 44.2 Å². The molecule has 3 aliphatic heterocycles. The Balaban J connectivity index is 1.74. The number of aliphatic hydroxyl groups is 1. The van der Waals surface area contributed by atoms with Gasteiger partial charge in [0.25, 0.3) is 5.91 Å². The second-order valence-electron chi connectivity index (χ2n) is 12.6. The quantitative estimate of drug-likeness (QED) is 0.157. The number of nitrogens with one attached hydrogen (secondary N) is 1. The highest BCUT2D eigenvalue weighted by atomic mass is 79.9. The Labute approximate surface area is 284 Å². The number of allylic oxidation sites excluding steroid dienone is 1. The Morgan fingerprint density at radius 1 is 1.30 bits per heavy atom. The SMILES string of the molecule is C=CCCC(=O)NC[C@@H](C)OC(=O)[C@H]1[C@@H]2O[C@@]3(CC2Br)[C@@H]1C(=O)N([C@@H](CO)[C@@H](C)CC)[C@@H]3C(=O)N(CC=C)c1c(C)cccc1Cl. The van der Waals surface area contributed by atoms with E-state index in [9.17, 15) is 24.3 Å². The van der Waals surface area contributed by atoms with Gasteiger partial charge in [-0.1, -0.05) is 72.1 Å². The molecule has 10 nitrogen and oxygen atoms in total. The minimum atomic E-state index is -1.37. The maximum atomic E-state index is 14.9. The lowest BCUT2D eigenvalue weighted by Crippen LogP contribution is -2.60. The highest BCUT2D eigenvalue weighted by Gasteiger charge is 2.77. The van der Waals surface area contributed by atoms with Crippen molar-refractivity contribution in [2.75, 3.05) is 24.6 Å². The van der Waals surface area contributed by atoms with E-state index >= 15 is 0 Å². The molecule has 0 saturated carbocycles. The van der Waals surface area contributed by atoms with Crippen molar-refractivity contribution in [3.8, 4) is 0 Å². The second kappa shape index (κ2) is 15.0. The van der Waals surface area contributed by atoms with Gasteiger partial charge in [0.05, 0.1) is 47.8 Å². The van der Waals surface area contributed by atoms with Crippen molar-refractivity contribution < 1.29 is 33.8 Å². The summed E-state index contributed by atoms with van der Waals surface area (Å²) in [5.74, 6) is -3.87. The molecule has 252 valence electrons. The maximum Gasteiger partial charge on any atom is 0.312 e. The fraction of sp³-hybridized carbons (Fsp3) is 0.588. The lowest BCUT2D eigenvalue weighted by molar-refractivity contribution is -0.160. The van der Waals surface area contributed by atoms with Crippen LogP contribution in [0.1, 0.15) is 52.0 Å². The number of carbonyl (C=O) groups is 4. The maximum absolute atomic E-state index is 14.9. The number of carbonyl (C=O) groups excluding carboxylic acids is 4. The number of rotatable bonds is 15. The summed E-state index contributed by atoms with van der Waals surface area (Å²) >= 11 is 10.3. The van der Waals surface area contributed by atoms with Gasteiger partial charge < -0.3 is 29.7 Å². The van der Waals surface area contributed by atoms with Gasteiger partial charge in [-0.25, -0.2) is 0 Å². The Hall–Kier alpha value is -2.73. The van der Waals surface area contributed by atoms with Crippen LogP contribution in [0.4, 0.5) is 5.69 Å². The van der Waals surface area contributed by atoms with Crippen molar-refractivity contribution in [3.05, 3.63) is 54.1 Å². The summed E-state index contributed by atoms with van der Waals surface area (Å²) in [6.07, 6.45) is 3.58. The summed E-state index contributed by atoms with van der Waals surface area (Å²) < 4.78 is 12.4. The third kappa shape index (κ3) is 6.53. The second-order valence-corrected chi connectivity index (χ2v) is 14.1. The molecule has 3 heterocycles. The number of aliphatic hydroxyl groups excluding tert-OH is 1. The Kier molecular flexibility index (Phi) is 11.8. The number of halogens is 2. The predicted octanol–water partition coefficient (Wildman–Crippen LogP) is 4.34. The van der Waals surface area contributed by atoms with Crippen LogP contribution in [0.25, 0.3) is 0 Å². The number of esters is 1. The molecule has 3 fully saturated rings. The van der Waals surface area contributed by atoms with Crippen LogP contribution >= 0.6 is 27.5 Å². The zero-order valence-corrected chi connectivity index (χ0v) is 29.3. The van der Waals surface area contributed by atoms with Gasteiger partial charge in [-0.15, -0.1) is 13.2 Å². The van der Waals surface area contributed by atoms with Crippen LogP contribution < -0.4 is 10.2 Å².